The summed E-state index contributed by atoms with van der Waals surface area (Å²) in [6.45, 7) is 0.404. The van der Waals surface area contributed by atoms with Gasteiger partial charge in [0.1, 0.15) is 0 Å². The van der Waals surface area contributed by atoms with Crippen LogP contribution in [0.1, 0.15) is 47.8 Å². The number of pyridine rings is 1. The summed E-state index contributed by atoms with van der Waals surface area (Å²) in [5, 5.41) is 7.86. The molecule has 1 amide bonds. The number of hydrogen-bond acceptors (Lipinski definition) is 4. The predicted octanol–water partition coefficient (Wildman–Crippen LogP) is 4.71. The van der Waals surface area contributed by atoms with Crippen LogP contribution in [-0.2, 0) is 6.54 Å². The molecule has 4 rings (SSSR count). The van der Waals surface area contributed by atoms with E-state index < -0.39 is 0 Å². The number of benzene rings is 1. The lowest BCUT2D eigenvalue weighted by Gasteiger charge is -2.13. The van der Waals surface area contributed by atoms with Crippen LogP contribution in [0.4, 0.5) is 0 Å². The largest absolute Gasteiger partial charge is 0.346 e. The van der Waals surface area contributed by atoms with Crippen LogP contribution in [0.3, 0.4) is 0 Å². The molecule has 0 radical (unpaired) electrons. The molecule has 0 aliphatic heterocycles. The standard InChI is InChI=1S/C22H24N4OS/c1-28-21-12-5-4-10-18(21)22(27)24-15-16-14-20(19-11-6-7-13-23-19)26(25-16)17-8-2-3-9-17/h4-7,10-14,17H,2-3,8-9,15H2,1H3,(H,24,27). The maximum absolute atomic E-state index is 12.6. The van der Waals surface area contributed by atoms with Crippen molar-refractivity contribution in [2.24, 2.45) is 0 Å². The number of hydrogen-bond donors (Lipinski definition) is 1. The summed E-state index contributed by atoms with van der Waals surface area (Å²) in [5.74, 6) is -0.0697. The zero-order chi connectivity index (χ0) is 19.3. The zero-order valence-electron chi connectivity index (χ0n) is 16.0. The van der Waals surface area contributed by atoms with E-state index in [9.17, 15) is 4.79 Å². The van der Waals surface area contributed by atoms with E-state index >= 15 is 0 Å². The third-order valence-electron chi connectivity index (χ3n) is 5.17. The van der Waals surface area contributed by atoms with Gasteiger partial charge in [-0.3, -0.25) is 14.5 Å². The summed E-state index contributed by atoms with van der Waals surface area (Å²) in [4.78, 5) is 18.1. The monoisotopic (exact) mass is 392 g/mol. The quantitative estimate of drug-likeness (QED) is 0.617. The summed E-state index contributed by atoms with van der Waals surface area (Å²) in [6.07, 6.45) is 8.56. The van der Waals surface area contributed by atoms with E-state index in [2.05, 4.69) is 21.0 Å². The van der Waals surface area contributed by atoms with Crippen molar-refractivity contribution in [1.29, 1.82) is 0 Å². The van der Waals surface area contributed by atoms with E-state index in [0.29, 0.717) is 18.2 Å². The Kier molecular flexibility index (Phi) is 5.76. The lowest BCUT2D eigenvalue weighted by molar-refractivity contribution is 0.0947. The fourth-order valence-corrected chi connectivity index (χ4v) is 4.36. The van der Waals surface area contributed by atoms with E-state index in [4.69, 9.17) is 5.10 Å². The van der Waals surface area contributed by atoms with E-state index in [0.717, 1.165) is 34.8 Å². The molecule has 0 atom stereocenters. The fourth-order valence-electron chi connectivity index (χ4n) is 3.76. The summed E-state index contributed by atoms with van der Waals surface area (Å²) in [6, 6.07) is 16.1. The Labute approximate surface area is 169 Å². The Morgan fingerprint density at radius 2 is 1.96 bits per heavy atom. The highest BCUT2D eigenvalue weighted by molar-refractivity contribution is 7.98. The molecule has 3 aromatic rings. The molecule has 2 aromatic heterocycles. The van der Waals surface area contributed by atoms with Crippen molar-refractivity contribution >= 4 is 17.7 Å². The molecule has 28 heavy (non-hydrogen) atoms. The molecule has 0 bridgehead atoms. The van der Waals surface area contributed by atoms with E-state index in [1.807, 2.05) is 54.9 Å². The minimum absolute atomic E-state index is 0.0697. The average Bonchev–Trinajstić information content (AvgIpc) is 3.42. The van der Waals surface area contributed by atoms with Crippen molar-refractivity contribution in [2.75, 3.05) is 6.26 Å². The molecule has 6 heteroatoms. The summed E-state index contributed by atoms with van der Waals surface area (Å²) >= 11 is 1.58. The highest BCUT2D eigenvalue weighted by atomic mass is 32.2. The highest BCUT2D eigenvalue weighted by Gasteiger charge is 2.22. The van der Waals surface area contributed by atoms with Gasteiger partial charge in [0.15, 0.2) is 0 Å². The van der Waals surface area contributed by atoms with Crippen LogP contribution in [0.2, 0.25) is 0 Å². The normalized spacial score (nSPS) is 14.3. The van der Waals surface area contributed by atoms with Crippen molar-refractivity contribution in [2.45, 2.75) is 43.2 Å². The molecule has 144 valence electrons. The maximum atomic E-state index is 12.6. The molecule has 1 aliphatic rings. The molecule has 1 saturated carbocycles. The number of amides is 1. The minimum atomic E-state index is -0.0697. The average molecular weight is 393 g/mol. The Balaban J connectivity index is 1.56. The second-order valence-corrected chi connectivity index (χ2v) is 7.85. The molecule has 5 nitrogen and oxygen atoms in total. The van der Waals surface area contributed by atoms with Crippen LogP contribution < -0.4 is 5.32 Å². The molecule has 2 heterocycles. The first kappa shape index (κ1) is 18.7. The second-order valence-electron chi connectivity index (χ2n) is 7.00. The summed E-state index contributed by atoms with van der Waals surface area (Å²) < 4.78 is 2.12. The molecule has 0 spiro atoms. The maximum Gasteiger partial charge on any atom is 0.252 e. The molecule has 1 aliphatic carbocycles. The number of aromatic nitrogens is 3. The number of carbonyl (C=O) groups is 1. The molecule has 0 unspecified atom stereocenters. The van der Waals surface area contributed by atoms with Crippen LogP contribution in [0, 0.1) is 0 Å². The minimum Gasteiger partial charge on any atom is -0.346 e. The molecule has 0 saturated heterocycles. The van der Waals surface area contributed by atoms with Gasteiger partial charge in [-0.05, 0) is 49.4 Å². The van der Waals surface area contributed by atoms with Crippen LogP contribution in [0.5, 0.6) is 0 Å². The first-order valence-corrected chi connectivity index (χ1v) is 10.9. The summed E-state index contributed by atoms with van der Waals surface area (Å²) in [7, 11) is 0. The molecular formula is C22H24N4OS. The molecule has 1 fully saturated rings. The lowest BCUT2D eigenvalue weighted by Crippen LogP contribution is -2.23. The smallest absolute Gasteiger partial charge is 0.252 e. The third kappa shape index (κ3) is 3.97. The first-order valence-electron chi connectivity index (χ1n) is 9.67. The topological polar surface area (TPSA) is 59.8 Å². The lowest BCUT2D eigenvalue weighted by atomic mass is 10.2. The number of carbonyl (C=O) groups excluding carboxylic acids is 1. The number of nitrogens with one attached hydrogen (secondary N) is 1. The Bertz CT molecular complexity index is 948. The third-order valence-corrected chi connectivity index (χ3v) is 5.96. The van der Waals surface area contributed by atoms with Gasteiger partial charge in [-0.15, -0.1) is 11.8 Å². The van der Waals surface area contributed by atoms with Crippen molar-refractivity contribution in [3.8, 4) is 11.4 Å². The number of thioether (sulfide) groups is 1. The zero-order valence-corrected chi connectivity index (χ0v) is 16.8. The van der Waals surface area contributed by atoms with Gasteiger partial charge in [-0.1, -0.05) is 31.0 Å². The van der Waals surface area contributed by atoms with E-state index in [1.54, 1.807) is 11.8 Å². The van der Waals surface area contributed by atoms with Crippen LogP contribution >= 0.6 is 11.8 Å². The Morgan fingerprint density at radius 1 is 1.18 bits per heavy atom. The van der Waals surface area contributed by atoms with Gasteiger partial charge in [0, 0.05) is 11.1 Å². The van der Waals surface area contributed by atoms with Crippen molar-refractivity contribution in [3.63, 3.8) is 0 Å². The highest BCUT2D eigenvalue weighted by Crippen LogP contribution is 2.33. The van der Waals surface area contributed by atoms with Crippen LogP contribution in [0.25, 0.3) is 11.4 Å². The fraction of sp³-hybridized carbons (Fsp3) is 0.318. The van der Waals surface area contributed by atoms with Crippen molar-refractivity contribution in [3.05, 3.63) is 66.0 Å². The number of nitrogens with zero attached hydrogens (tertiary/aromatic N) is 3. The van der Waals surface area contributed by atoms with Gasteiger partial charge in [-0.2, -0.15) is 5.10 Å². The van der Waals surface area contributed by atoms with Gasteiger partial charge in [0.25, 0.3) is 5.91 Å². The van der Waals surface area contributed by atoms with Crippen LogP contribution in [0.15, 0.2) is 59.6 Å². The molecular weight excluding hydrogens is 368 g/mol. The van der Waals surface area contributed by atoms with E-state index in [1.165, 1.54) is 12.8 Å². The van der Waals surface area contributed by atoms with Crippen molar-refractivity contribution < 1.29 is 4.79 Å². The van der Waals surface area contributed by atoms with Crippen molar-refractivity contribution in [1.82, 2.24) is 20.1 Å². The van der Waals surface area contributed by atoms with Gasteiger partial charge in [-0.25, -0.2) is 0 Å². The summed E-state index contributed by atoms with van der Waals surface area (Å²) in [5.41, 5.74) is 3.52. The Morgan fingerprint density at radius 3 is 2.71 bits per heavy atom. The van der Waals surface area contributed by atoms with Crippen LogP contribution in [-0.4, -0.2) is 26.9 Å². The Hall–Kier alpha value is -2.60. The van der Waals surface area contributed by atoms with Gasteiger partial charge < -0.3 is 5.32 Å². The second kappa shape index (κ2) is 8.61. The predicted molar refractivity (Wildman–Crippen MR) is 112 cm³/mol. The first-order chi connectivity index (χ1) is 13.8. The van der Waals surface area contributed by atoms with E-state index in [-0.39, 0.29) is 5.91 Å². The van der Waals surface area contributed by atoms with Gasteiger partial charge in [0.2, 0.25) is 0 Å². The molecule has 1 aromatic carbocycles. The number of rotatable bonds is 6. The SMILES string of the molecule is CSc1ccccc1C(=O)NCc1cc(-c2ccccn2)n(C2CCCC2)n1. The van der Waals surface area contributed by atoms with Gasteiger partial charge in [0.05, 0.1) is 35.2 Å². The van der Waals surface area contributed by atoms with Gasteiger partial charge >= 0.3 is 0 Å². The molecule has 1 N–H and O–H groups in total.